The molecule has 2 heterocycles. The molecule has 4 nitrogen and oxygen atoms in total. The number of carbonyl (C=O) groups is 1. The van der Waals surface area contributed by atoms with Crippen LogP contribution < -0.4 is 11.1 Å². The first-order valence-electron chi connectivity index (χ1n) is 6.14. The molecule has 3 N–H and O–H groups in total. The fraction of sp³-hybridized carbons (Fsp3) is 0.909. The molecule has 0 aromatic carbocycles. The van der Waals surface area contributed by atoms with Gasteiger partial charge in [-0.05, 0) is 37.2 Å². The lowest BCUT2D eigenvalue weighted by molar-refractivity contribution is 0.181. The van der Waals surface area contributed by atoms with Gasteiger partial charge in [0.25, 0.3) is 0 Å². The van der Waals surface area contributed by atoms with Crippen molar-refractivity contribution in [1.82, 2.24) is 10.2 Å². The summed E-state index contributed by atoms with van der Waals surface area (Å²) >= 11 is 2.06. The van der Waals surface area contributed by atoms with Crippen LogP contribution in [0.15, 0.2) is 0 Å². The summed E-state index contributed by atoms with van der Waals surface area (Å²) in [7, 11) is 0. The number of amides is 2. The molecule has 0 atom stereocenters. The topological polar surface area (TPSA) is 58.4 Å². The molecule has 0 spiro atoms. The molecule has 92 valence electrons. The fourth-order valence-electron chi connectivity index (χ4n) is 2.46. The third kappa shape index (κ3) is 3.28. The summed E-state index contributed by atoms with van der Waals surface area (Å²) in [4.78, 5) is 12.7. The van der Waals surface area contributed by atoms with Gasteiger partial charge in [-0.3, -0.25) is 0 Å². The van der Waals surface area contributed by atoms with Gasteiger partial charge in [0.15, 0.2) is 0 Å². The number of urea groups is 1. The first-order chi connectivity index (χ1) is 7.75. The third-order valence-corrected chi connectivity index (χ3v) is 4.55. The molecule has 0 aromatic heterocycles. The van der Waals surface area contributed by atoms with Crippen LogP contribution in [0.4, 0.5) is 4.79 Å². The minimum absolute atomic E-state index is 0.271. The summed E-state index contributed by atoms with van der Waals surface area (Å²) in [6.45, 7) is 1.63. The van der Waals surface area contributed by atoms with Crippen molar-refractivity contribution in [2.75, 3.05) is 24.6 Å². The lowest BCUT2D eigenvalue weighted by Gasteiger charge is -2.34. The van der Waals surface area contributed by atoms with E-state index in [0.29, 0.717) is 12.1 Å². The first kappa shape index (κ1) is 12.0. The van der Waals surface area contributed by atoms with E-state index >= 15 is 0 Å². The Labute approximate surface area is 101 Å². The molecule has 5 heteroatoms. The minimum atomic E-state index is -0.271. The summed E-state index contributed by atoms with van der Waals surface area (Å²) in [5.74, 6) is 2.58. The lowest BCUT2D eigenvalue weighted by atomic mass is 10.0. The zero-order valence-corrected chi connectivity index (χ0v) is 10.5. The van der Waals surface area contributed by atoms with Crippen LogP contribution in [0.3, 0.4) is 0 Å². The standard InChI is InChI=1S/C11H21N3OS/c12-11(15)14-5-1-9(2-6-14)13-10-3-7-16-8-4-10/h9-10,13H,1-8H2,(H2,12,15). The molecule has 2 aliphatic heterocycles. The SMILES string of the molecule is NC(=O)N1CCC(NC2CCSCC2)CC1. The van der Waals surface area contributed by atoms with Gasteiger partial charge in [0, 0.05) is 25.2 Å². The van der Waals surface area contributed by atoms with Gasteiger partial charge in [-0.2, -0.15) is 11.8 Å². The molecule has 0 aliphatic carbocycles. The fourth-order valence-corrected chi connectivity index (χ4v) is 3.57. The Kier molecular flexibility index (Phi) is 4.35. The molecule has 2 rings (SSSR count). The highest BCUT2D eigenvalue weighted by molar-refractivity contribution is 7.99. The monoisotopic (exact) mass is 243 g/mol. The van der Waals surface area contributed by atoms with Gasteiger partial charge < -0.3 is 16.0 Å². The maximum atomic E-state index is 11.0. The van der Waals surface area contributed by atoms with Crippen molar-refractivity contribution in [3.05, 3.63) is 0 Å². The highest BCUT2D eigenvalue weighted by atomic mass is 32.2. The molecule has 2 saturated heterocycles. The van der Waals surface area contributed by atoms with Crippen LogP contribution in [0.1, 0.15) is 25.7 Å². The molecule has 2 fully saturated rings. The second-order valence-electron chi connectivity index (χ2n) is 4.65. The summed E-state index contributed by atoms with van der Waals surface area (Å²) < 4.78 is 0. The average Bonchev–Trinajstić information content (AvgIpc) is 2.31. The van der Waals surface area contributed by atoms with Gasteiger partial charge in [-0.25, -0.2) is 4.79 Å². The maximum Gasteiger partial charge on any atom is 0.314 e. The number of nitrogens with one attached hydrogen (secondary N) is 1. The molecular weight excluding hydrogens is 222 g/mol. The Hall–Kier alpha value is -0.420. The van der Waals surface area contributed by atoms with Crippen LogP contribution in [-0.4, -0.2) is 47.6 Å². The van der Waals surface area contributed by atoms with E-state index in [1.54, 1.807) is 4.90 Å². The number of hydrogen-bond donors (Lipinski definition) is 2. The summed E-state index contributed by atoms with van der Waals surface area (Å²) in [5.41, 5.74) is 5.26. The van der Waals surface area contributed by atoms with E-state index in [-0.39, 0.29) is 6.03 Å². The van der Waals surface area contributed by atoms with Gasteiger partial charge in [-0.1, -0.05) is 0 Å². The number of primary amides is 1. The van der Waals surface area contributed by atoms with Crippen LogP contribution in [0.5, 0.6) is 0 Å². The van der Waals surface area contributed by atoms with Crippen LogP contribution in [0.25, 0.3) is 0 Å². The van der Waals surface area contributed by atoms with Crippen molar-refractivity contribution >= 4 is 17.8 Å². The number of thioether (sulfide) groups is 1. The van der Waals surface area contributed by atoms with Crippen molar-refractivity contribution in [3.8, 4) is 0 Å². The molecule has 0 bridgehead atoms. The normalized spacial score (nSPS) is 24.6. The van der Waals surface area contributed by atoms with E-state index in [2.05, 4.69) is 17.1 Å². The predicted molar refractivity (Wildman–Crippen MR) is 67.7 cm³/mol. The van der Waals surface area contributed by atoms with E-state index in [1.165, 1.54) is 24.3 Å². The van der Waals surface area contributed by atoms with Crippen LogP contribution in [0, 0.1) is 0 Å². The number of hydrogen-bond acceptors (Lipinski definition) is 3. The lowest BCUT2D eigenvalue weighted by Crippen LogP contribution is -2.49. The Morgan fingerprint density at radius 3 is 2.25 bits per heavy atom. The van der Waals surface area contributed by atoms with E-state index in [9.17, 15) is 4.79 Å². The molecule has 0 radical (unpaired) electrons. The molecule has 0 unspecified atom stereocenters. The minimum Gasteiger partial charge on any atom is -0.351 e. The number of carbonyl (C=O) groups excluding carboxylic acids is 1. The highest BCUT2D eigenvalue weighted by Crippen LogP contribution is 2.19. The van der Waals surface area contributed by atoms with E-state index in [0.717, 1.165) is 25.9 Å². The third-order valence-electron chi connectivity index (χ3n) is 3.50. The van der Waals surface area contributed by atoms with Crippen molar-refractivity contribution in [2.24, 2.45) is 5.73 Å². The smallest absolute Gasteiger partial charge is 0.314 e. The number of rotatable bonds is 2. The van der Waals surface area contributed by atoms with E-state index in [1.807, 2.05) is 0 Å². The molecule has 0 saturated carbocycles. The van der Waals surface area contributed by atoms with Crippen LogP contribution >= 0.6 is 11.8 Å². The van der Waals surface area contributed by atoms with Gasteiger partial charge >= 0.3 is 6.03 Å². The average molecular weight is 243 g/mol. The molecule has 0 aromatic rings. The predicted octanol–water partition coefficient (Wildman–Crippen LogP) is 1.01. The summed E-state index contributed by atoms with van der Waals surface area (Å²) in [5, 5.41) is 3.73. The largest absolute Gasteiger partial charge is 0.351 e. The van der Waals surface area contributed by atoms with Crippen LogP contribution in [-0.2, 0) is 0 Å². The second-order valence-corrected chi connectivity index (χ2v) is 5.88. The van der Waals surface area contributed by atoms with Crippen LogP contribution in [0.2, 0.25) is 0 Å². The van der Waals surface area contributed by atoms with Gasteiger partial charge in [-0.15, -0.1) is 0 Å². The maximum absolute atomic E-state index is 11.0. The first-order valence-corrected chi connectivity index (χ1v) is 7.29. The van der Waals surface area contributed by atoms with E-state index in [4.69, 9.17) is 5.73 Å². The summed E-state index contributed by atoms with van der Waals surface area (Å²) in [6, 6.07) is 1.02. The van der Waals surface area contributed by atoms with Crippen molar-refractivity contribution in [1.29, 1.82) is 0 Å². The van der Waals surface area contributed by atoms with Crippen molar-refractivity contribution < 1.29 is 4.79 Å². The van der Waals surface area contributed by atoms with Crippen molar-refractivity contribution in [2.45, 2.75) is 37.8 Å². The second kappa shape index (κ2) is 5.77. The number of nitrogens with two attached hydrogens (primary N) is 1. The van der Waals surface area contributed by atoms with E-state index < -0.39 is 0 Å². The summed E-state index contributed by atoms with van der Waals surface area (Å²) in [6.07, 6.45) is 4.68. The number of piperidine rings is 1. The Bertz CT molecular complexity index is 235. The quantitative estimate of drug-likeness (QED) is 0.761. The zero-order chi connectivity index (χ0) is 11.4. The number of likely N-dealkylation sites (tertiary alicyclic amines) is 1. The van der Waals surface area contributed by atoms with Gasteiger partial charge in [0.05, 0.1) is 0 Å². The van der Waals surface area contributed by atoms with Gasteiger partial charge in [0.2, 0.25) is 0 Å². The highest BCUT2D eigenvalue weighted by Gasteiger charge is 2.23. The Morgan fingerprint density at radius 1 is 1.12 bits per heavy atom. The number of nitrogens with zero attached hydrogens (tertiary/aromatic N) is 1. The van der Waals surface area contributed by atoms with Crippen molar-refractivity contribution in [3.63, 3.8) is 0 Å². The molecule has 2 aliphatic rings. The zero-order valence-electron chi connectivity index (χ0n) is 9.65. The van der Waals surface area contributed by atoms with Gasteiger partial charge in [0.1, 0.15) is 0 Å². The Morgan fingerprint density at radius 2 is 1.69 bits per heavy atom. The Balaban J connectivity index is 1.70. The molecule has 16 heavy (non-hydrogen) atoms. The molecule has 2 amide bonds. The molecular formula is C11H21N3OS.